The predicted octanol–water partition coefficient (Wildman–Crippen LogP) is 6.53. The Balaban J connectivity index is 1.33. The number of carbonyl (C=O) groups is 2. The summed E-state index contributed by atoms with van der Waals surface area (Å²) >= 11 is 0. The lowest BCUT2D eigenvalue weighted by molar-refractivity contribution is 0.0692. The highest BCUT2D eigenvalue weighted by molar-refractivity contribution is 6.09. The summed E-state index contributed by atoms with van der Waals surface area (Å²) in [5.74, 6) is 0.864. The van der Waals surface area contributed by atoms with Gasteiger partial charge in [0, 0.05) is 43.0 Å². The van der Waals surface area contributed by atoms with Gasteiger partial charge >= 0.3 is 0 Å². The lowest BCUT2D eigenvalue weighted by Gasteiger charge is -2.42. The summed E-state index contributed by atoms with van der Waals surface area (Å²) < 4.78 is 11.3. The number of piperazine rings is 1. The van der Waals surface area contributed by atoms with Crippen molar-refractivity contribution in [1.29, 1.82) is 0 Å². The number of anilines is 1. The summed E-state index contributed by atoms with van der Waals surface area (Å²) in [4.78, 5) is 31.1. The minimum Gasteiger partial charge on any atom is -0.497 e. The maximum absolute atomic E-state index is 13.6. The van der Waals surface area contributed by atoms with Crippen LogP contribution < -0.4 is 9.64 Å². The Kier molecular flexibility index (Phi) is 6.86. The number of rotatable bonds is 5. The van der Waals surface area contributed by atoms with Gasteiger partial charge in [0.05, 0.1) is 7.11 Å². The van der Waals surface area contributed by atoms with Crippen molar-refractivity contribution in [3.8, 4) is 5.75 Å². The lowest BCUT2D eigenvalue weighted by Crippen LogP contribution is -2.53. The van der Waals surface area contributed by atoms with E-state index in [0.717, 1.165) is 29.8 Å². The molecule has 1 saturated heterocycles. The van der Waals surface area contributed by atoms with E-state index in [9.17, 15) is 9.59 Å². The Morgan fingerprint density at radius 3 is 2.26 bits per heavy atom. The number of amides is 1. The minimum absolute atomic E-state index is 0.00158. The van der Waals surface area contributed by atoms with Gasteiger partial charge in [0.25, 0.3) is 5.91 Å². The van der Waals surface area contributed by atoms with Crippen molar-refractivity contribution in [2.45, 2.75) is 71.3 Å². The maximum atomic E-state index is 13.6. The third kappa shape index (κ3) is 4.97. The first kappa shape index (κ1) is 27.0. The summed E-state index contributed by atoms with van der Waals surface area (Å²) in [5.41, 5.74) is 5.30. The fourth-order valence-electron chi connectivity index (χ4n) is 6.14. The number of fused-ring (bicyclic) bond motifs is 1. The fourth-order valence-corrected chi connectivity index (χ4v) is 6.14. The number of hydrogen-bond acceptors (Lipinski definition) is 5. The van der Waals surface area contributed by atoms with Crippen molar-refractivity contribution in [3.05, 3.63) is 82.3 Å². The van der Waals surface area contributed by atoms with Crippen molar-refractivity contribution < 1.29 is 18.7 Å². The van der Waals surface area contributed by atoms with E-state index in [0.29, 0.717) is 25.2 Å². The van der Waals surface area contributed by atoms with Gasteiger partial charge < -0.3 is 19.0 Å². The molecule has 1 atom stereocenters. The molecule has 6 heteroatoms. The van der Waals surface area contributed by atoms with E-state index < -0.39 is 0 Å². The summed E-state index contributed by atoms with van der Waals surface area (Å²) in [7, 11) is 1.66. The number of ether oxygens (including phenoxy) is 1. The first-order valence-electron chi connectivity index (χ1n) is 13.9. The van der Waals surface area contributed by atoms with Crippen LogP contribution in [0.1, 0.15) is 90.8 Å². The van der Waals surface area contributed by atoms with Gasteiger partial charge in [0.15, 0.2) is 11.5 Å². The molecular formula is C33H40N2O4. The first-order chi connectivity index (χ1) is 18.4. The minimum atomic E-state index is -0.184. The van der Waals surface area contributed by atoms with Crippen LogP contribution in [-0.4, -0.2) is 49.4 Å². The molecule has 206 valence electrons. The molecule has 2 aromatic carbocycles. The molecule has 1 aromatic heterocycles. The number of benzene rings is 2. The molecule has 1 aliphatic heterocycles. The molecule has 0 spiro atoms. The molecule has 2 aliphatic rings. The second-order valence-corrected chi connectivity index (χ2v) is 12.5. The zero-order chi connectivity index (χ0) is 28.1. The van der Waals surface area contributed by atoms with E-state index in [-0.39, 0.29) is 40.1 Å². The molecule has 39 heavy (non-hydrogen) atoms. The number of carbonyl (C=O) groups excluding carboxylic acids is 2. The second kappa shape index (κ2) is 9.89. The van der Waals surface area contributed by atoms with Gasteiger partial charge in [-0.3, -0.25) is 9.59 Å². The van der Waals surface area contributed by atoms with Gasteiger partial charge in [-0.2, -0.15) is 0 Å². The van der Waals surface area contributed by atoms with E-state index >= 15 is 0 Å². The first-order valence-corrected chi connectivity index (χ1v) is 13.9. The van der Waals surface area contributed by atoms with Crippen molar-refractivity contribution in [2.24, 2.45) is 0 Å². The molecule has 1 fully saturated rings. The molecule has 0 N–H and O–H groups in total. The summed E-state index contributed by atoms with van der Waals surface area (Å²) in [6.07, 6.45) is 2.20. The molecule has 3 aromatic rings. The number of hydrogen-bond donors (Lipinski definition) is 0. The molecule has 1 unspecified atom stereocenters. The second-order valence-electron chi connectivity index (χ2n) is 12.5. The Morgan fingerprint density at radius 2 is 1.59 bits per heavy atom. The van der Waals surface area contributed by atoms with Gasteiger partial charge in [0.2, 0.25) is 5.78 Å². The smallest absolute Gasteiger partial charge is 0.289 e. The van der Waals surface area contributed by atoms with Crippen LogP contribution in [0.15, 0.2) is 52.9 Å². The van der Waals surface area contributed by atoms with Gasteiger partial charge in [-0.25, -0.2) is 0 Å². The van der Waals surface area contributed by atoms with E-state index in [1.54, 1.807) is 19.2 Å². The van der Waals surface area contributed by atoms with Crippen molar-refractivity contribution >= 4 is 17.4 Å². The third-order valence-corrected chi connectivity index (χ3v) is 8.78. The van der Waals surface area contributed by atoms with Crippen LogP contribution in [0.4, 0.5) is 5.69 Å². The Labute approximate surface area is 231 Å². The van der Waals surface area contributed by atoms with E-state index in [2.05, 4.69) is 57.7 Å². The predicted molar refractivity (Wildman–Crippen MR) is 154 cm³/mol. The molecule has 6 nitrogen and oxygen atoms in total. The third-order valence-electron chi connectivity index (χ3n) is 8.78. The van der Waals surface area contributed by atoms with E-state index in [4.69, 9.17) is 9.15 Å². The van der Waals surface area contributed by atoms with Crippen molar-refractivity contribution in [2.75, 3.05) is 31.6 Å². The van der Waals surface area contributed by atoms with Gasteiger partial charge in [-0.1, -0.05) is 39.8 Å². The number of aryl methyl sites for hydroxylation is 1. The zero-order valence-corrected chi connectivity index (χ0v) is 24.3. The van der Waals surface area contributed by atoms with Crippen LogP contribution in [0.3, 0.4) is 0 Å². The molecule has 1 aliphatic carbocycles. The SMILES string of the molecule is COc1cccc(N2CCN(C(=O)c3ccc(C(=O)c4cc5c(cc4C)C(C)(C)CCC5(C)C)o3)CC2C)c1. The lowest BCUT2D eigenvalue weighted by atomic mass is 9.62. The number of nitrogens with zero attached hydrogens (tertiary/aromatic N) is 2. The highest BCUT2D eigenvalue weighted by Crippen LogP contribution is 2.46. The van der Waals surface area contributed by atoms with Gasteiger partial charge in [0.1, 0.15) is 5.75 Å². The molecular weight excluding hydrogens is 488 g/mol. The Bertz CT molecular complexity index is 1420. The molecule has 0 saturated carbocycles. The molecule has 0 radical (unpaired) electrons. The quantitative estimate of drug-likeness (QED) is 0.353. The Hall–Kier alpha value is -3.54. The average Bonchev–Trinajstić information content (AvgIpc) is 3.41. The van der Waals surface area contributed by atoms with Crippen LogP contribution in [0.25, 0.3) is 0 Å². The molecule has 5 rings (SSSR count). The molecule has 0 bridgehead atoms. The highest BCUT2D eigenvalue weighted by atomic mass is 16.5. The van der Waals surface area contributed by atoms with Crippen molar-refractivity contribution in [3.63, 3.8) is 0 Å². The van der Waals surface area contributed by atoms with Gasteiger partial charge in [-0.15, -0.1) is 0 Å². The monoisotopic (exact) mass is 528 g/mol. The topological polar surface area (TPSA) is 63.0 Å². The summed E-state index contributed by atoms with van der Waals surface area (Å²) in [6.45, 7) is 15.0. The zero-order valence-electron chi connectivity index (χ0n) is 24.3. The summed E-state index contributed by atoms with van der Waals surface area (Å²) in [6, 6.07) is 15.6. The van der Waals surface area contributed by atoms with Crippen LogP contribution in [-0.2, 0) is 10.8 Å². The molecule has 2 heterocycles. The average molecular weight is 529 g/mol. The standard InChI is InChI=1S/C33H40N2O4/c1-21-17-26-27(33(5,6)14-13-32(26,3)4)19-25(21)30(36)28-11-12-29(39-28)31(37)34-15-16-35(22(2)20-34)23-9-8-10-24(18-23)38-7/h8-12,17-19,22H,13-16,20H2,1-7H3. The van der Waals surface area contributed by atoms with Crippen LogP contribution in [0.2, 0.25) is 0 Å². The maximum Gasteiger partial charge on any atom is 0.289 e. The van der Waals surface area contributed by atoms with Crippen LogP contribution in [0.5, 0.6) is 5.75 Å². The highest BCUT2D eigenvalue weighted by Gasteiger charge is 2.38. The largest absolute Gasteiger partial charge is 0.497 e. The number of ketones is 1. The van der Waals surface area contributed by atoms with Crippen molar-refractivity contribution in [1.82, 2.24) is 4.90 Å². The van der Waals surface area contributed by atoms with Crippen LogP contribution in [0, 0.1) is 6.92 Å². The van der Waals surface area contributed by atoms with E-state index in [1.807, 2.05) is 30.0 Å². The van der Waals surface area contributed by atoms with E-state index in [1.165, 1.54) is 11.1 Å². The van der Waals surface area contributed by atoms with Gasteiger partial charge in [-0.05, 0) is 84.5 Å². The fraction of sp³-hybridized carbons (Fsp3) is 0.455. The summed E-state index contributed by atoms with van der Waals surface area (Å²) in [5, 5.41) is 0. The number of methoxy groups -OCH3 is 1. The molecule has 1 amide bonds. The normalized spacial score (nSPS) is 19.9. The number of furan rings is 1. The van der Waals surface area contributed by atoms with Crippen LogP contribution >= 0.6 is 0 Å². The Morgan fingerprint density at radius 1 is 0.923 bits per heavy atom.